The first-order valence-electron chi connectivity index (χ1n) is 15.0. The van der Waals surface area contributed by atoms with E-state index in [1.54, 1.807) is 19.1 Å². The zero-order chi connectivity index (χ0) is 30.1. The van der Waals surface area contributed by atoms with E-state index in [0.717, 1.165) is 17.6 Å². The fourth-order valence-electron chi connectivity index (χ4n) is 6.22. The molecule has 1 aromatic carbocycles. The number of carbonyl (C=O) groups excluding carboxylic acids is 2. The zero-order valence-corrected chi connectivity index (χ0v) is 25.5. The Bertz CT molecular complexity index is 1240. The van der Waals surface area contributed by atoms with Gasteiger partial charge in [0.05, 0.1) is 30.3 Å². The molecule has 7 nitrogen and oxygen atoms in total. The largest absolute Gasteiger partial charge is 0.508 e. The van der Waals surface area contributed by atoms with Crippen molar-refractivity contribution in [2.75, 3.05) is 0 Å². The molecule has 4 rings (SSSR count). The number of carbonyl (C=O) groups is 2. The molecule has 2 N–H and O–H groups in total. The summed E-state index contributed by atoms with van der Waals surface area (Å²) in [5, 5.41) is 21.5. The molecule has 0 saturated carbocycles. The van der Waals surface area contributed by atoms with Gasteiger partial charge >= 0.3 is 5.97 Å². The van der Waals surface area contributed by atoms with Gasteiger partial charge in [0.1, 0.15) is 17.6 Å². The summed E-state index contributed by atoms with van der Waals surface area (Å²) in [7, 11) is 0. The molecule has 1 spiro atoms. The van der Waals surface area contributed by atoms with Crippen molar-refractivity contribution in [2.24, 2.45) is 17.8 Å². The molecule has 2 saturated heterocycles. The van der Waals surface area contributed by atoms with Gasteiger partial charge in [-0.15, -0.1) is 0 Å². The minimum atomic E-state index is -1.18. The van der Waals surface area contributed by atoms with E-state index in [4.69, 9.17) is 14.2 Å². The van der Waals surface area contributed by atoms with Crippen molar-refractivity contribution in [2.45, 2.75) is 111 Å². The highest BCUT2D eigenvalue weighted by atomic mass is 16.7. The number of esters is 1. The Morgan fingerprint density at radius 3 is 2.51 bits per heavy atom. The predicted octanol–water partition coefficient (Wildman–Crippen LogP) is 6.45. The highest BCUT2D eigenvalue weighted by molar-refractivity contribution is 5.96. The number of aliphatic hydroxyl groups is 1. The number of allylic oxidation sites excluding steroid dienone is 3. The fraction of sp³-hybridized carbons (Fsp3) is 0.588. The van der Waals surface area contributed by atoms with Crippen LogP contribution in [0.5, 0.6) is 5.75 Å². The van der Waals surface area contributed by atoms with Gasteiger partial charge < -0.3 is 24.4 Å². The van der Waals surface area contributed by atoms with E-state index >= 15 is 0 Å². The Kier molecular flexibility index (Phi) is 9.62. The summed E-state index contributed by atoms with van der Waals surface area (Å²) in [5.41, 5.74) is 3.11. The number of hydrogen-bond donors (Lipinski definition) is 2. The van der Waals surface area contributed by atoms with Crippen LogP contribution in [0.25, 0.3) is 5.57 Å². The Hall–Kier alpha value is -2.74. The molecule has 224 valence electrons. The molecule has 0 aromatic heterocycles. The van der Waals surface area contributed by atoms with Crippen LogP contribution in [0.2, 0.25) is 0 Å². The predicted molar refractivity (Wildman–Crippen MR) is 158 cm³/mol. The molecule has 8 atom stereocenters. The van der Waals surface area contributed by atoms with E-state index in [-0.39, 0.29) is 54.3 Å². The van der Waals surface area contributed by atoms with Crippen LogP contribution in [-0.4, -0.2) is 52.2 Å². The van der Waals surface area contributed by atoms with Crippen LogP contribution in [0, 0.1) is 24.7 Å². The van der Waals surface area contributed by atoms with Gasteiger partial charge in [-0.2, -0.15) is 0 Å². The van der Waals surface area contributed by atoms with Crippen molar-refractivity contribution < 1.29 is 34.0 Å². The van der Waals surface area contributed by atoms with Gasteiger partial charge in [-0.3, -0.25) is 4.79 Å². The summed E-state index contributed by atoms with van der Waals surface area (Å²) < 4.78 is 19.4. The summed E-state index contributed by atoms with van der Waals surface area (Å²) in [5.74, 6) is -1.72. The average molecular weight is 567 g/mol. The van der Waals surface area contributed by atoms with E-state index in [1.807, 2.05) is 52.0 Å². The van der Waals surface area contributed by atoms with E-state index < -0.39 is 24.0 Å². The summed E-state index contributed by atoms with van der Waals surface area (Å²) >= 11 is 0. The molecule has 2 fully saturated rings. The molecular formula is C34H46O7. The lowest BCUT2D eigenvalue weighted by Gasteiger charge is -2.50. The number of phenols is 1. The Morgan fingerprint density at radius 2 is 1.80 bits per heavy atom. The summed E-state index contributed by atoms with van der Waals surface area (Å²) in [6.07, 6.45) is 7.88. The molecule has 0 amide bonds. The second-order valence-electron chi connectivity index (χ2n) is 12.4. The third-order valence-electron chi connectivity index (χ3n) is 9.13. The van der Waals surface area contributed by atoms with Gasteiger partial charge in [-0.25, -0.2) is 4.79 Å². The highest BCUT2D eigenvalue weighted by Crippen LogP contribution is 2.44. The smallest absolute Gasteiger partial charge is 0.339 e. The molecule has 41 heavy (non-hydrogen) atoms. The first-order valence-corrected chi connectivity index (χ1v) is 15.0. The van der Waals surface area contributed by atoms with E-state index in [0.29, 0.717) is 29.5 Å². The minimum absolute atomic E-state index is 0.0920. The number of Topliss-reactive ketones (excluding diaryl/α,β-unsaturated/α-hetero) is 1. The van der Waals surface area contributed by atoms with Crippen LogP contribution in [0.4, 0.5) is 0 Å². The maximum Gasteiger partial charge on any atom is 0.339 e. The van der Waals surface area contributed by atoms with Gasteiger partial charge in [-0.1, -0.05) is 58.4 Å². The lowest BCUT2D eigenvalue weighted by molar-refractivity contribution is -0.328. The highest BCUT2D eigenvalue weighted by Gasteiger charge is 2.52. The monoisotopic (exact) mass is 566 g/mol. The molecule has 0 radical (unpaired) electrons. The first-order chi connectivity index (χ1) is 19.3. The molecule has 2 bridgehead atoms. The second kappa shape index (κ2) is 12.6. The number of rotatable bonds is 2. The second-order valence-corrected chi connectivity index (χ2v) is 12.4. The summed E-state index contributed by atoms with van der Waals surface area (Å²) in [4.78, 5) is 27.0. The van der Waals surface area contributed by atoms with Crippen LogP contribution in [0.3, 0.4) is 0 Å². The van der Waals surface area contributed by atoms with Crippen molar-refractivity contribution in [1.29, 1.82) is 0 Å². The van der Waals surface area contributed by atoms with Crippen molar-refractivity contribution in [1.82, 2.24) is 0 Å². The third-order valence-corrected chi connectivity index (χ3v) is 9.13. The first kappa shape index (κ1) is 31.2. The van der Waals surface area contributed by atoms with Gasteiger partial charge in [0, 0.05) is 24.7 Å². The molecular weight excluding hydrogens is 520 g/mol. The fourth-order valence-corrected chi connectivity index (χ4v) is 6.22. The Labute approximate surface area is 244 Å². The molecule has 0 unspecified atom stereocenters. The summed E-state index contributed by atoms with van der Waals surface area (Å²) in [6, 6.07) is 3.25. The number of aliphatic hydroxyl groups excluding tert-OH is 1. The van der Waals surface area contributed by atoms with Crippen LogP contribution < -0.4 is 0 Å². The van der Waals surface area contributed by atoms with Crippen molar-refractivity contribution in [3.8, 4) is 5.75 Å². The number of ketones is 1. The molecule has 3 aliphatic heterocycles. The van der Waals surface area contributed by atoms with Crippen LogP contribution in [0.1, 0.15) is 95.1 Å². The molecule has 3 aliphatic rings. The normalized spacial score (nSPS) is 37.3. The topological polar surface area (TPSA) is 102 Å². The minimum Gasteiger partial charge on any atom is -0.508 e. The van der Waals surface area contributed by atoms with Crippen molar-refractivity contribution in [3.63, 3.8) is 0 Å². The SMILES string of the molecule is CC[C@H](C)[C@H]1O[C@]2(CC(=O)[C@@H]1C)C[C@@H]1C[C@@H](C/C=C(\C)[C@@H](O)[C@@H](C)/C=C/C=C(\C)c3cc(O)c(C)cc3C(=O)O1)O2. The van der Waals surface area contributed by atoms with E-state index in [9.17, 15) is 19.8 Å². The number of ether oxygens (including phenoxy) is 3. The van der Waals surface area contributed by atoms with Crippen LogP contribution in [0.15, 0.2) is 42.0 Å². The number of phenolic OH excluding ortho intramolecular Hbond substituents is 1. The number of aryl methyl sites for hydroxylation is 1. The van der Waals surface area contributed by atoms with Gasteiger partial charge in [0.25, 0.3) is 0 Å². The van der Waals surface area contributed by atoms with E-state index in [1.165, 1.54) is 0 Å². The van der Waals surface area contributed by atoms with Crippen LogP contribution >= 0.6 is 0 Å². The maximum absolute atomic E-state index is 13.7. The standard InChI is InChI=1S/C34H46O7/c1-8-19(2)32-24(7)30(36)18-34(41-32)17-26-15-25(40-34)13-12-22(5)31(37)21(4)11-9-10-20(3)27-16-29(35)23(6)14-28(27)33(38)39-26/h9-12,14,16,19,21,24-26,31-32,35,37H,8,13,15,17-18H2,1-7H3/b11-9+,20-10+,22-12+/t19-,21-,24-,25+,26-,31-,32+,34-/m0/s1. The molecule has 3 heterocycles. The Morgan fingerprint density at radius 1 is 1.07 bits per heavy atom. The number of hydrogen-bond acceptors (Lipinski definition) is 7. The quantitative estimate of drug-likeness (QED) is 0.313. The average Bonchev–Trinajstić information content (AvgIpc) is 2.93. The lowest BCUT2D eigenvalue weighted by Crippen LogP contribution is -2.57. The van der Waals surface area contributed by atoms with Crippen molar-refractivity contribution >= 4 is 17.3 Å². The van der Waals surface area contributed by atoms with E-state index in [2.05, 4.69) is 13.8 Å². The van der Waals surface area contributed by atoms with Gasteiger partial charge in [-0.05, 0) is 67.5 Å². The van der Waals surface area contributed by atoms with Gasteiger partial charge in [0.15, 0.2) is 5.79 Å². The Balaban J connectivity index is 1.77. The van der Waals surface area contributed by atoms with Crippen molar-refractivity contribution in [3.05, 3.63) is 58.7 Å². The number of aromatic hydroxyl groups is 1. The number of benzene rings is 1. The molecule has 7 heteroatoms. The van der Waals surface area contributed by atoms with Gasteiger partial charge in [0.2, 0.25) is 0 Å². The third kappa shape index (κ3) is 6.85. The van der Waals surface area contributed by atoms with Crippen LogP contribution in [-0.2, 0) is 19.0 Å². The summed E-state index contributed by atoms with van der Waals surface area (Å²) in [6.45, 7) is 13.6. The molecule has 0 aliphatic carbocycles. The maximum atomic E-state index is 13.7. The zero-order valence-electron chi connectivity index (χ0n) is 25.5. The lowest BCUT2D eigenvalue weighted by atomic mass is 9.80. The number of fused-ring (bicyclic) bond motifs is 3. The molecule has 1 aromatic rings.